The Morgan fingerprint density at radius 1 is 1.41 bits per heavy atom. The lowest BCUT2D eigenvalue weighted by Crippen LogP contribution is -2.43. The number of benzene rings is 1. The van der Waals surface area contributed by atoms with E-state index >= 15 is 0 Å². The third-order valence-electron chi connectivity index (χ3n) is 3.78. The van der Waals surface area contributed by atoms with E-state index < -0.39 is 16.1 Å². The molecule has 1 aromatic carbocycles. The maximum absolute atomic E-state index is 12.5. The van der Waals surface area contributed by atoms with E-state index in [0.29, 0.717) is 18.7 Å². The molecule has 1 saturated heterocycles. The van der Waals surface area contributed by atoms with Gasteiger partial charge in [-0.3, -0.25) is 4.79 Å². The first-order chi connectivity index (χ1) is 10.4. The molecule has 1 N–H and O–H groups in total. The van der Waals surface area contributed by atoms with E-state index in [9.17, 15) is 13.2 Å². The minimum Gasteiger partial charge on any atom is -0.376 e. The molecule has 7 heteroatoms. The average Bonchev–Trinajstić information content (AvgIpc) is 2.99. The second-order valence-electron chi connectivity index (χ2n) is 5.47. The van der Waals surface area contributed by atoms with Gasteiger partial charge in [0.25, 0.3) is 0 Å². The van der Waals surface area contributed by atoms with Crippen LogP contribution in [0.15, 0.2) is 30.3 Å². The molecule has 0 aromatic heterocycles. The quantitative estimate of drug-likeness (QED) is 0.843. The van der Waals surface area contributed by atoms with E-state index in [1.807, 2.05) is 6.07 Å². The van der Waals surface area contributed by atoms with Gasteiger partial charge < -0.3 is 10.1 Å². The highest BCUT2D eigenvalue weighted by molar-refractivity contribution is 7.88. The highest BCUT2D eigenvalue weighted by atomic mass is 32.2. The molecule has 1 aliphatic heterocycles. The molecular formula is C15H22N2O4S. The molecule has 1 amide bonds. The topological polar surface area (TPSA) is 75.7 Å². The van der Waals surface area contributed by atoms with Gasteiger partial charge >= 0.3 is 0 Å². The highest BCUT2D eigenvalue weighted by Gasteiger charge is 2.31. The predicted molar refractivity (Wildman–Crippen MR) is 83.8 cm³/mol. The molecule has 0 radical (unpaired) electrons. The smallest absolute Gasteiger partial charge is 0.243 e. The Labute approximate surface area is 131 Å². The number of hydrogen-bond acceptors (Lipinski definition) is 4. The van der Waals surface area contributed by atoms with E-state index in [0.717, 1.165) is 23.4 Å². The van der Waals surface area contributed by atoms with Crippen LogP contribution in [0.5, 0.6) is 0 Å². The molecular weight excluding hydrogens is 304 g/mol. The van der Waals surface area contributed by atoms with Gasteiger partial charge in [-0.2, -0.15) is 4.31 Å². The summed E-state index contributed by atoms with van der Waals surface area (Å²) in [6.07, 6.45) is 3.02. The van der Waals surface area contributed by atoms with Crippen LogP contribution < -0.4 is 5.32 Å². The zero-order chi connectivity index (χ0) is 16.2. The van der Waals surface area contributed by atoms with Crippen molar-refractivity contribution in [1.82, 2.24) is 9.62 Å². The van der Waals surface area contributed by atoms with E-state index in [1.54, 1.807) is 24.3 Å². The van der Waals surface area contributed by atoms with Crippen molar-refractivity contribution in [3.05, 3.63) is 35.9 Å². The lowest BCUT2D eigenvalue weighted by atomic mass is 10.1. The fourth-order valence-electron chi connectivity index (χ4n) is 2.47. The summed E-state index contributed by atoms with van der Waals surface area (Å²) < 4.78 is 30.2. The first-order valence-corrected chi connectivity index (χ1v) is 9.11. The summed E-state index contributed by atoms with van der Waals surface area (Å²) in [6.45, 7) is 1.12. The summed E-state index contributed by atoms with van der Waals surface area (Å²) >= 11 is 0. The molecule has 0 aliphatic carbocycles. The monoisotopic (exact) mass is 326 g/mol. The third-order valence-corrected chi connectivity index (χ3v) is 5.04. The molecule has 122 valence electrons. The second-order valence-corrected chi connectivity index (χ2v) is 7.51. The summed E-state index contributed by atoms with van der Waals surface area (Å²) in [5.74, 6) is -0.338. The molecule has 1 fully saturated rings. The Hall–Kier alpha value is -1.44. The lowest BCUT2D eigenvalue weighted by molar-refractivity contribution is -0.125. The molecule has 0 bridgehead atoms. The Morgan fingerprint density at radius 3 is 2.64 bits per heavy atom. The van der Waals surface area contributed by atoms with Crippen LogP contribution in [0.3, 0.4) is 0 Å². The van der Waals surface area contributed by atoms with Gasteiger partial charge in [0.05, 0.1) is 12.4 Å². The van der Waals surface area contributed by atoms with Gasteiger partial charge in [-0.1, -0.05) is 30.3 Å². The minimum atomic E-state index is -3.49. The number of nitrogens with zero attached hydrogens (tertiary/aromatic N) is 1. The Kier molecular flexibility index (Phi) is 5.55. The fraction of sp³-hybridized carbons (Fsp3) is 0.533. The van der Waals surface area contributed by atoms with Gasteiger partial charge in [-0.25, -0.2) is 8.42 Å². The maximum Gasteiger partial charge on any atom is 0.243 e. The number of hydrogen-bond donors (Lipinski definition) is 1. The molecule has 0 unspecified atom stereocenters. The summed E-state index contributed by atoms with van der Waals surface area (Å²) in [5.41, 5.74) is 0.639. The highest BCUT2D eigenvalue weighted by Crippen LogP contribution is 2.22. The van der Waals surface area contributed by atoms with Crippen LogP contribution in [0.4, 0.5) is 0 Å². The Bertz CT molecular complexity index is 597. The SMILES string of the molecule is CN([C@H](C(=O)NC[C@@H]1CCCO1)c1ccccc1)S(C)(=O)=O. The Balaban J connectivity index is 2.14. The van der Waals surface area contributed by atoms with Gasteiger partial charge in [-0.05, 0) is 18.4 Å². The summed E-state index contributed by atoms with van der Waals surface area (Å²) in [6, 6.07) is 8.01. The molecule has 0 saturated carbocycles. The van der Waals surface area contributed by atoms with Crippen molar-refractivity contribution in [3.63, 3.8) is 0 Å². The van der Waals surface area contributed by atoms with Crippen molar-refractivity contribution in [2.45, 2.75) is 25.0 Å². The summed E-state index contributed by atoms with van der Waals surface area (Å²) in [5, 5.41) is 2.81. The molecule has 2 rings (SSSR count). The molecule has 1 aliphatic rings. The van der Waals surface area contributed by atoms with Crippen LogP contribution in [0, 0.1) is 0 Å². The number of nitrogens with one attached hydrogen (secondary N) is 1. The normalized spacial score (nSPS) is 20.0. The van der Waals surface area contributed by atoms with E-state index in [1.165, 1.54) is 7.05 Å². The number of amides is 1. The first-order valence-electron chi connectivity index (χ1n) is 7.27. The molecule has 1 heterocycles. The van der Waals surface area contributed by atoms with Crippen molar-refractivity contribution < 1.29 is 17.9 Å². The Morgan fingerprint density at radius 2 is 2.09 bits per heavy atom. The van der Waals surface area contributed by atoms with E-state index in [2.05, 4.69) is 5.32 Å². The molecule has 22 heavy (non-hydrogen) atoms. The summed E-state index contributed by atoms with van der Waals surface area (Å²) in [4.78, 5) is 12.5. The summed E-state index contributed by atoms with van der Waals surface area (Å²) in [7, 11) is -2.08. The van der Waals surface area contributed by atoms with Crippen molar-refractivity contribution >= 4 is 15.9 Å². The van der Waals surface area contributed by atoms with Crippen molar-refractivity contribution in [2.75, 3.05) is 26.5 Å². The van der Waals surface area contributed by atoms with E-state index in [-0.39, 0.29) is 12.0 Å². The van der Waals surface area contributed by atoms with Crippen molar-refractivity contribution in [3.8, 4) is 0 Å². The number of carbonyl (C=O) groups excluding carboxylic acids is 1. The molecule has 0 spiro atoms. The van der Waals surface area contributed by atoms with Crippen LogP contribution in [0.1, 0.15) is 24.4 Å². The van der Waals surface area contributed by atoms with Crippen molar-refractivity contribution in [1.29, 1.82) is 0 Å². The van der Waals surface area contributed by atoms with E-state index in [4.69, 9.17) is 4.74 Å². The minimum absolute atomic E-state index is 0.0175. The third kappa shape index (κ3) is 4.28. The fourth-order valence-corrected chi connectivity index (χ4v) is 3.07. The standard InChI is InChI=1S/C15H22N2O4S/c1-17(22(2,19)20)14(12-7-4-3-5-8-12)15(18)16-11-13-9-6-10-21-13/h3-5,7-8,13-14H,6,9-11H2,1-2H3,(H,16,18)/t13-,14-/m0/s1. The van der Waals surface area contributed by atoms with Crippen LogP contribution in [-0.2, 0) is 19.6 Å². The number of sulfonamides is 1. The van der Waals surface area contributed by atoms with Gasteiger partial charge in [0.2, 0.25) is 15.9 Å². The average molecular weight is 326 g/mol. The van der Waals surface area contributed by atoms with Gasteiger partial charge in [0, 0.05) is 20.2 Å². The van der Waals surface area contributed by atoms with Crippen molar-refractivity contribution in [2.24, 2.45) is 0 Å². The largest absolute Gasteiger partial charge is 0.376 e. The first kappa shape index (κ1) is 16.9. The van der Waals surface area contributed by atoms with Gasteiger partial charge in [0.1, 0.15) is 6.04 Å². The number of carbonyl (C=O) groups is 1. The molecule has 2 atom stereocenters. The van der Waals surface area contributed by atoms with Crippen LogP contribution in [-0.4, -0.2) is 51.2 Å². The van der Waals surface area contributed by atoms with Crippen LogP contribution in [0.2, 0.25) is 0 Å². The van der Waals surface area contributed by atoms with Crippen LogP contribution in [0.25, 0.3) is 0 Å². The molecule has 6 nitrogen and oxygen atoms in total. The number of likely N-dealkylation sites (N-methyl/N-ethyl adjacent to an activating group) is 1. The lowest BCUT2D eigenvalue weighted by Gasteiger charge is -2.26. The zero-order valence-corrected chi connectivity index (χ0v) is 13.7. The maximum atomic E-state index is 12.5. The zero-order valence-electron chi connectivity index (χ0n) is 12.9. The van der Waals surface area contributed by atoms with Gasteiger partial charge in [0.15, 0.2) is 0 Å². The van der Waals surface area contributed by atoms with Crippen LogP contribution >= 0.6 is 0 Å². The number of rotatable bonds is 6. The predicted octanol–water partition coefficient (Wildman–Crippen LogP) is 0.914. The number of ether oxygens (including phenoxy) is 1. The molecule has 1 aromatic rings. The second kappa shape index (κ2) is 7.21. The van der Waals surface area contributed by atoms with Gasteiger partial charge in [-0.15, -0.1) is 0 Å².